The molecule has 2 amide bonds. The van der Waals surface area contributed by atoms with Gasteiger partial charge < -0.3 is 14.7 Å². The Kier molecular flexibility index (Phi) is 5.16. The Labute approximate surface area is 186 Å². The molecule has 0 spiro atoms. The van der Waals surface area contributed by atoms with Crippen molar-refractivity contribution in [3.63, 3.8) is 0 Å². The van der Waals surface area contributed by atoms with Crippen LogP contribution in [0.3, 0.4) is 0 Å². The van der Waals surface area contributed by atoms with E-state index >= 15 is 0 Å². The van der Waals surface area contributed by atoms with Crippen molar-refractivity contribution in [3.05, 3.63) is 46.5 Å². The highest BCUT2D eigenvalue weighted by molar-refractivity contribution is 9.10. The molecule has 5 rings (SSSR count). The number of fused-ring (bicyclic) bond motifs is 1. The Morgan fingerprint density at radius 3 is 2.73 bits per heavy atom. The number of rotatable bonds is 3. The molecule has 0 radical (unpaired) electrons. The van der Waals surface area contributed by atoms with Crippen LogP contribution in [0.5, 0.6) is 0 Å². The number of halogens is 1. The number of carbonyl (C=O) groups excluding carboxylic acids is 2. The van der Waals surface area contributed by atoms with Gasteiger partial charge in [0.1, 0.15) is 22.9 Å². The summed E-state index contributed by atoms with van der Waals surface area (Å²) in [6.45, 7) is 3.15. The lowest BCUT2D eigenvalue weighted by atomic mass is 10.1. The molecule has 30 heavy (non-hydrogen) atoms. The van der Waals surface area contributed by atoms with Gasteiger partial charge in [0.25, 0.3) is 0 Å². The molecule has 0 bridgehead atoms. The predicted molar refractivity (Wildman–Crippen MR) is 121 cm³/mol. The highest BCUT2D eigenvalue weighted by Crippen LogP contribution is 2.30. The molecule has 154 valence electrons. The third-order valence-corrected chi connectivity index (χ3v) is 7.07. The molecule has 2 aromatic heterocycles. The van der Waals surface area contributed by atoms with Crippen LogP contribution in [-0.2, 0) is 9.59 Å². The summed E-state index contributed by atoms with van der Waals surface area (Å²) in [6, 6.07) is 9.69. The quantitative estimate of drug-likeness (QED) is 0.532. The number of hydrogen-bond acceptors (Lipinski definition) is 6. The fourth-order valence-corrected chi connectivity index (χ4v) is 5.31. The van der Waals surface area contributed by atoms with Crippen molar-refractivity contribution < 1.29 is 9.59 Å². The number of anilines is 2. The summed E-state index contributed by atoms with van der Waals surface area (Å²) in [5.74, 6) is 0.182. The maximum absolute atomic E-state index is 13.1. The SMILES string of the molecule is O=C(C1CCN(c2cccc(Br)c2)C1=O)N1CCN(c2ncnc3sccc23)CC1. The van der Waals surface area contributed by atoms with Crippen LogP contribution in [0.1, 0.15) is 6.42 Å². The van der Waals surface area contributed by atoms with Crippen molar-refractivity contribution in [1.29, 1.82) is 0 Å². The van der Waals surface area contributed by atoms with Crippen LogP contribution in [0.25, 0.3) is 10.2 Å². The summed E-state index contributed by atoms with van der Waals surface area (Å²) in [5.41, 5.74) is 0.832. The number of amides is 2. The zero-order valence-electron chi connectivity index (χ0n) is 16.2. The maximum atomic E-state index is 13.1. The molecule has 0 N–H and O–H groups in total. The minimum absolute atomic E-state index is 0.0551. The average Bonchev–Trinajstić information content (AvgIpc) is 3.40. The predicted octanol–water partition coefficient (Wildman–Crippen LogP) is 3.16. The van der Waals surface area contributed by atoms with Crippen molar-refractivity contribution in [1.82, 2.24) is 14.9 Å². The Balaban J connectivity index is 1.25. The van der Waals surface area contributed by atoms with Gasteiger partial charge in [-0.2, -0.15) is 0 Å². The van der Waals surface area contributed by atoms with Crippen molar-refractivity contribution in [2.75, 3.05) is 42.5 Å². The fraction of sp³-hybridized carbons (Fsp3) is 0.333. The van der Waals surface area contributed by atoms with Gasteiger partial charge in [0.05, 0.1) is 5.39 Å². The van der Waals surface area contributed by atoms with Crippen LogP contribution in [0.15, 0.2) is 46.5 Å². The molecule has 2 fully saturated rings. The molecule has 4 heterocycles. The summed E-state index contributed by atoms with van der Waals surface area (Å²) in [7, 11) is 0. The van der Waals surface area contributed by atoms with E-state index in [1.54, 1.807) is 22.6 Å². The second kappa shape index (κ2) is 7.96. The fourth-order valence-electron chi connectivity index (χ4n) is 4.20. The molecule has 0 saturated carbocycles. The van der Waals surface area contributed by atoms with E-state index in [0.717, 1.165) is 26.2 Å². The average molecular weight is 486 g/mol. The van der Waals surface area contributed by atoms with Gasteiger partial charge in [-0.1, -0.05) is 22.0 Å². The van der Waals surface area contributed by atoms with E-state index in [0.29, 0.717) is 39.1 Å². The summed E-state index contributed by atoms with van der Waals surface area (Å²) in [5, 5.41) is 3.07. The lowest BCUT2D eigenvalue weighted by Gasteiger charge is -2.36. The maximum Gasteiger partial charge on any atom is 0.239 e. The first kappa shape index (κ1) is 19.4. The number of aromatic nitrogens is 2. The van der Waals surface area contributed by atoms with E-state index in [9.17, 15) is 9.59 Å². The number of nitrogens with zero attached hydrogens (tertiary/aromatic N) is 5. The first-order valence-electron chi connectivity index (χ1n) is 9.91. The third-order valence-electron chi connectivity index (χ3n) is 5.76. The molecule has 3 aromatic rings. The van der Waals surface area contributed by atoms with Crippen LogP contribution >= 0.6 is 27.3 Å². The Bertz CT molecular complexity index is 1110. The highest BCUT2D eigenvalue weighted by atomic mass is 79.9. The van der Waals surface area contributed by atoms with Gasteiger partial charge in [0, 0.05) is 42.9 Å². The zero-order chi connectivity index (χ0) is 20.7. The zero-order valence-corrected chi connectivity index (χ0v) is 18.6. The van der Waals surface area contributed by atoms with Crippen LogP contribution in [-0.4, -0.2) is 59.4 Å². The molecule has 1 atom stereocenters. The molecule has 2 aliphatic heterocycles. The molecule has 7 nitrogen and oxygen atoms in total. The van der Waals surface area contributed by atoms with Crippen molar-refractivity contribution >= 4 is 60.8 Å². The molecular weight excluding hydrogens is 466 g/mol. The lowest BCUT2D eigenvalue weighted by molar-refractivity contribution is -0.140. The van der Waals surface area contributed by atoms with Gasteiger partial charge in [-0.3, -0.25) is 9.59 Å². The third kappa shape index (κ3) is 3.45. The minimum atomic E-state index is -0.585. The van der Waals surface area contributed by atoms with Crippen molar-refractivity contribution in [2.45, 2.75) is 6.42 Å². The van der Waals surface area contributed by atoms with Crippen LogP contribution in [0, 0.1) is 5.92 Å². The van der Waals surface area contributed by atoms with Gasteiger partial charge in [0.2, 0.25) is 11.8 Å². The standard InChI is InChI=1S/C21H20BrN5O2S/c22-14-2-1-3-15(12-14)27-6-4-17(21(27)29)20(28)26-9-7-25(8-10-26)18-16-5-11-30-19(16)24-13-23-18/h1-3,5,11-13,17H,4,6-10H2. The van der Waals surface area contributed by atoms with E-state index in [2.05, 4.69) is 30.8 Å². The molecule has 2 aliphatic rings. The summed E-state index contributed by atoms with van der Waals surface area (Å²) < 4.78 is 0.920. The topological polar surface area (TPSA) is 69.6 Å². The lowest BCUT2D eigenvalue weighted by Crippen LogP contribution is -2.51. The van der Waals surface area contributed by atoms with Crippen molar-refractivity contribution in [2.24, 2.45) is 5.92 Å². The van der Waals surface area contributed by atoms with Gasteiger partial charge in [0.15, 0.2) is 0 Å². The van der Waals surface area contributed by atoms with E-state index in [4.69, 9.17) is 0 Å². The number of hydrogen-bond donors (Lipinski definition) is 0. The van der Waals surface area contributed by atoms with Crippen LogP contribution < -0.4 is 9.80 Å². The van der Waals surface area contributed by atoms with Gasteiger partial charge in [-0.25, -0.2) is 9.97 Å². The van der Waals surface area contributed by atoms with Gasteiger partial charge >= 0.3 is 0 Å². The minimum Gasteiger partial charge on any atom is -0.352 e. The molecule has 1 unspecified atom stereocenters. The molecule has 9 heteroatoms. The number of thiophene rings is 1. The van der Waals surface area contributed by atoms with Crippen molar-refractivity contribution in [3.8, 4) is 0 Å². The largest absolute Gasteiger partial charge is 0.352 e. The molecular formula is C21H20BrN5O2S. The molecule has 0 aliphatic carbocycles. The molecule has 2 saturated heterocycles. The second-order valence-corrected chi connectivity index (χ2v) is 9.27. The number of piperazine rings is 1. The van der Waals surface area contributed by atoms with E-state index in [1.807, 2.05) is 40.6 Å². The summed E-state index contributed by atoms with van der Waals surface area (Å²) in [6.07, 6.45) is 2.16. The number of benzene rings is 1. The summed E-state index contributed by atoms with van der Waals surface area (Å²) in [4.78, 5) is 41.5. The van der Waals surface area contributed by atoms with E-state index in [-0.39, 0.29) is 11.8 Å². The van der Waals surface area contributed by atoms with Gasteiger partial charge in [-0.15, -0.1) is 11.3 Å². The van der Waals surface area contributed by atoms with E-state index < -0.39 is 5.92 Å². The Morgan fingerprint density at radius 1 is 1.10 bits per heavy atom. The number of carbonyl (C=O) groups is 2. The van der Waals surface area contributed by atoms with E-state index in [1.165, 1.54) is 0 Å². The Hall–Kier alpha value is -2.52. The molecule has 1 aromatic carbocycles. The van der Waals surface area contributed by atoms with Crippen LogP contribution in [0.2, 0.25) is 0 Å². The van der Waals surface area contributed by atoms with Crippen LogP contribution in [0.4, 0.5) is 11.5 Å². The Morgan fingerprint density at radius 2 is 1.93 bits per heavy atom. The van der Waals surface area contributed by atoms with Gasteiger partial charge in [-0.05, 0) is 36.1 Å². The summed E-state index contributed by atoms with van der Waals surface area (Å²) >= 11 is 5.05. The smallest absolute Gasteiger partial charge is 0.239 e. The normalized spacial score (nSPS) is 19.7. The monoisotopic (exact) mass is 485 g/mol. The first-order chi connectivity index (χ1) is 14.6. The first-order valence-corrected chi connectivity index (χ1v) is 11.6. The second-order valence-electron chi connectivity index (χ2n) is 7.46. The highest BCUT2D eigenvalue weighted by Gasteiger charge is 2.40.